The highest BCUT2D eigenvalue weighted by molar-refractivity contribution is 5.88. The predicted octanol–water partition coefficient (Wildman–Crippen LogP) is 4.83. The van der Waals surface area contributed by atoms with Gasteiger partial charge in [-0.25, -0.2) is 4.98 Å². The summed E-state index contributed by atoms with van der Waals surface area (Å²) in [7, 11) is 0. The Bertz CT molecular complexity index is 1500. The van der Waals surface area contributed by atoms with E-state index in [1.165, 1.54) is 0 Å². The van der Waals surface area contributed by atoms with Crippen LogP contribution in [0.4, 0.5) is 0 Å². The molecule has 1 N–H and O–H groups in total. The first kappa shape index (κ1) is 18.0. The van der Waals surface area contributed by atoms with E-state index < -0.39 is 0 Å². The van der Waals surface area contributed by atoms with Crippen LogP contribution in [0.2, 0.25) is 0 Å². The molecule has 0 saturated heterocycles. The highest BCUT2D eigenvalue weighted by atomic mass is 16.1. The van der Waals surface area contributed by atoms with E-state index in [0.29, 0.717) is 22.9 Å². The monoisotopic (exact) mass is 389 g/mol. The molecular weight excluding hydrogens is 370 g/mol. The molecule has 144 valence electrons. The highest BCUT2D eigenvalue weighted by Gasteiger charge is 2.13. The van der Waals surface area contributed by atoms with Crippen LogP contribution in [0.1, 0.15) is 23.9 Å². The molecule has 30 heavy (non-hydrogen) atoms. The van der Waals surface area contributed by atoms with E-state index in [0.717, 1.165) is 28.0 Å². The van der Waals surface area contributed by atoms with Crippen molar-refractivity contribution < 1.29 is 0 Å². The topological polar surface area (TPSA) is 50.7 Å². The van der Waals surface area contributed by atoms with Crippen molar-refractivity contribution in [2.45, 2.75) is 13.3 Å². The zero-order chi connectivity index (χ0) is 20.5. The Labute approximate surface area is 173 Å². The summed E-state index contributed by atoms with van der Waals surface area (Å²) in [6, 6.07) is 23.3. The van der Waals surface area contributed by atoms with Gasteiger partial charge in [0.15, 0.2) is 0 Å². The van der Waals surface area contributed by atoms with Gasteiger partial charge in [-0.3, -0.25) is 9.36 Å². The molecule has 0 spiro atoms. The molecule has 2 aromatic heterocycles. The molecule has 4 nitrogen and oxygen atoms in total. The van der Waals surface area contributed by atoms with Gasteiger partial charge in [0.05, 0.1) is 22.2 Å². The van der Waals surface area contributed by atoms with Gasteiger partial charge < -0.3 is 4.98 Å². The number of para-hydroxylation sites is 2. The van der Waals surface area contributed by atoms with Gasteiger partial charge in [-0.05, 0) is 30.3 Å². The molecule has 2 heterocycles. The standard InChI is InChI=1S/C26H19N3O/c1-2-24-28-23-14-8-9-18(15-16-19-17-27-22-13-7-6-12-21(19)22)25(23)26(30)29(24)20-10-4-3-5-11-20/h3-14,17,27H,2H2,1H3. The Morgan fingerprint density at radius 3 is 2.50 bits per heavy atom. The number of fused-ring (bicyclic) bond motifs is 2. The number of hydrogen-bond donors (Lipinski definition) is 1. The van der Waals surface area contributed by atoms with Crippen LogP contribution in [0.25, 0.3) is 27.5 Å². The molecule has 0 bridgehead atoms. The fourth-order valence-corrected chi connectivity index (χ4v) is 3.77. The number of aryl methyl sites for hydroxylation is 1. The maximum Gasteiger partial charge on any atom is 0.267 e. The Morgan fingerprint density at radius 1 is 0.900 bits per heavy atom. The van der Waals surface area contributed by atoms with Gasteiger partial charge in [-0.2, -0.15) is 0 Å². The minimum atomic E-state index is -0.0909. The van der Waals surface area contributed by atoms with E-state index in [-0.39, 0.29) is 5.56 Å². The van der Waals surface area contributed by atoms with Crippen molar-refractivity contribution in [1.82, 2.24) is 14.5 Å². The number of nitrogens with zero attached hydrogens (tertiary/aromatic N) is 2. The zero-order valence-corrected chi connectivity index (χ0v) is 16.5. The molecule has 0 radical (unpaired) electrons. The SMILES string of the molecule is CCc1nc2cccc(C#Cc3c[nH]c4ccccc34)c2c(=O)n1-c1ccccc1. The van der Waals surface area contributed by atoms with Gasteiger partial charge in [-0.1, -0.05) is 61.2 Å². The maximum absolute atomic E-state index is 13.6. The number of aromatic nitrogens is 3. The second-order valence-corrected chi connectivity index (χ2v) is 7.06. The van der Waals surface area contributed by atoms with Gasteiger partial charge in [-0.15, -0.1) is 0 Å². The molecule has 0 saturated carbocycles. The Morgan fingerprint density at radius 2 is 1.67 bits per heavy atom. The zero-order valence-electron chi connectivity index (χ0n) is 16.5. The predicted molar refractivity (Wildman–Crippen MR) is 121 cm³/mol. The van der Waals surface area contributed by atoms with Crippen LogP contribution < -0.4 is 5.56 Å². The third-order valence-electron chi connectivity index (χ3n) is 5.22. The van der Waals surface area contributed by atoms with Gasteiger partial charge in [0.25, 0.3) is 5.56 Å². The minimum absolute atomic E-state index is 0.0909. The number of rotatable bonds is 2. The first-order chi connectivity index (χ1) is 14.8. The van der Waals surface area contributed by atoms with Crippen molar-refractivity contribution in [1.29, 1.82) is 0 Å². The van der Waals surface area contributed by atoms with Crippen LogP contribution in [0.3, 0.4) is 0 Å². The van der Waals surface area contributed by atoms with Crippen LogP contribution in [0, 0.1) is 11.8 Å². The smallest absolute Gasteiger partial charge is 0.267 e. The number of nitrogens with one attached hydrogen (secondary N) is 1. The van der Waals surface area contributed by atoms with Crippen molar-refractivity contribution in [2.75, 3.05) is 0 Å². The maximum atomic E-state index is 13.6. The molecular formula is C26H19N3O. The molecule has 0 aliphatic heterocycles. The third kappa shape index (κ3) is 2.98. The number of hydrogen-bond acceptors (Lipinski definition) is 2. The second-order valence-electron chi connectivity index (χ2n) is 7.06. The molecule has 4 heteroatoms. The molecule has 0 amide bonds. The summed E-state index contributed by atoms with van der Waals surface area (Å²) in [6.07, 6.45) is 2.56. The lowest BCUT2D eigenvalue weighted by molar-refractivity contribution is 0.833. The van der Waals surface area contributed by atoms with E-state index in [1.54, 1.807) is 4.57 Å². The average Bonchev–Trinajstić information content (AvgIpc) is 3.21. The summed E-state index contributed by atoms with van der Waals surface area (Å²) in [5, 5.41) is 1.62. The molecule has 0 aliphatic carbocycles. The summed E-state index contributed by atoms with van der Waals surface area (Å²) >= 11 is 0. The summed E-state index contributed by atoms with van der Waals surface area (Å²) in [5.74, 6) is 7.19. The van der Waals surface area contributed by atoms with Crippen molar-refractivity contribution in [3.8, 4) is 17.5 Å². The average molecular weight is 389 g/mol. The molecule has 0 aliphatic rings. The normalized spacial score (nSPS) is 10.8. The number of H-pyrrole nitrogens is 1. The second kappa shape index (κ2) is 7.38. The molecule has 5 aromatic rings. The quantitative estimate of drug-likeness (QED) is 0.440. The van der Waals surface area contributed by atoms with Crippen LogP contribution in [-0.2, 0) is 6.42 Å². The van der Waals surface area contributed by atoms with E-state index in [9.17, 15) is 4.79 Å². The van der Waals surface area contributed by atoms with Crippen LogP contribution in [0.15, 0.2) is 83.8 Å². The molecule has 0 atom stereocenters. The van der Waals surface area contributed by atoms with Crippen LogP contribution in [-0.4, -0.2) is 14.5 Å². The van der Waals surface area contributed by atoms with Crippen LogP contribution in [0.5, 0.6) is 0 Å². The lowest BCUT2D eigenvalue weighted by Gasteiger charge is -2.13. The summed E-state index contributed by atoms with van der Waals surface area (Å²) in [6.45, 7) is 2.01. The minimum Gasteiger partial charge on any atom is -0.360 e. The fraction of sp³-hybridized carbons (Fsp3) is 0.0769. The first-order valence-corrected chi connectivity index (χ1v) is 9.94. The van der Waals surface area contributed by atoms with E-state index in [4.69, 9.17) is 4.98 Å². The van der Waals surface area contributed by atoms with Gasteiger partial charge in [0.1, 0.15) is 5.82 Å². The van der Waals surface area contributed by atoms with E-state index >= 15 is 0 Å². The highest BCUT2D eigenvalue weighted by Crippen LogP contribution is 2.19. The van der Waals surface area contributed by atoms with Crippen LogP contribution >= 0.6 is 0 Å². The summed E-state index contributed by atoms with van der Waals surface area (Å²) in [5.41, 5.74) is 4.03. The lowest BCUT2D eigenvalue weighted by atomic mass is 10.1. The van der Waals surface area contributed by atoms with Crippen molar-refractivity contribution in [3.05, 3.63) is 106 Å². The van der Waals surface area contributed by atoms with Crippen molar-refractivity contribution >= 4 is 21.8 Å². The molecule has 0 unspecified atom stereocenters. The Hall–Kier alpha value is -4.10. The van der Waals surface area contributed by atoms with Gasteiger partial charge >= 0.3 is 0 Å². The summed E-state index contributed by atoms with van der Waals surface area (Å²) < 4.78 is 1.69. The summed E-state index contributed by atoms with van der Waals surface area (Å²) in [4.78, 5) is 21.6. The number of aromatic amines is 1. The lowest BCUT2D eigenvalue weighted by Crippen LogP contribution is -2.24. The molecule has 0 fully saturated rings. The van der Waals surface area contributed by atoms with Crippen molar-refractivity contribution in [2.24, 2.45) is 0 Å². The van der Waals surface area contributed by atoms with Gasteiger partial charge in [0, 0.05) is 29.1 Å². The molecule has 5 rings (SSSR count). The van der Waals surface area contributed by atoms with E-state index in [2.05, 4.69) is 16.8 Å². The Kier molecular flexibility index (Phi) is 4.42. The van der Waals surface area contributed by atoms with Crippen molar-refractivity contribution in [3.63, 3.8) is 0 Å². The number of benzene rings is 3. The van der Waals surface area contributed by atoms with E-state index in [1.807, 2.05) is 85.9 Å². The Balaban J connectivity index is 1.74. The fourth-order valence-electron chi connectivity index (χ4n) is 3.77. The largest absolute Gasteiger partial charge is 0.360 e. The van der Waals surface area contributed by atoms with Gasteiger partial charge in [0.2, 0.25) is 0 Å². The third-order valence-corrected chi connectivity index (χ3v) is 5.22. The molecule has 3 aromatic carbocycles. The first-order valence-electron chi connectivity index (χ1n) is 9.94.